The molecule has 0 saturated heterocycles. The maximum atomic E-state index is 5.27. The highest BCUT2D eigenvalue weighted by Crippen LogP contribution is 2.35. The van der Waals surface area contributed by atoms with Gasteiger partial charge in [-0.05, 0) is 48.6 Å². The Morgan fingerprint density at radius 1 is 0.929 bits per heavy atom. The van der Waals surface area contributed by atoms with Crippen LogP contribution in [0.3, 0.4) is 0 Å². The van der Waals surface area contributed by atoms with Gasteiger partial charge in [-0.25, -0.2) is 0 Å². The van der Waals surface area contributed by atoms with Crippen molar-refractivity contribution in [3.8, 4) is 0 Å². The molecule has 0 spiro atoms. The number of para-hydroxylation sites is 1. The lowest BCUT2D eigenvalue weighted by molar-refractivity contribution is 0.594. The summed E-state index contributed by atoms with van der Waals surface area (Å²) in [4.78, 5) is 5.27. The lowest BCUT2D eigenvalue weighted by Crippen LogP contribution is -2.24. The van der Waals surface area contributed by atoms with Crippen molar-refractivity contribution in [1.82, 2.24) is 5.32 Å². The lowest BCUT2D eigenvalue weighted by atomic mass is 9.92. The van der Waals surface area contributed by atoms with Crippen LogP contribution >= 0.6 is 0 Å². The van der Waals surface area contributed by atoms with Gasteiger partial charge in [0.2, 0.25) is 0 Å². The second-order valence-corrected chi connectivity index (χ2v) is 8.86. The zero-order chi connectivity index (χ0) is 20.4. The molecule has 1 aromatic rings. The Morgan fingerprint density at radius 2 is 1.57 bits per heavy atom. The van der Waals surface area contributed by atoms with Crippen LogP contribution in [-0.2, 0) is 0 Å². The van der Waals surface area contributed by atoms with Crippen molar-refractivity contribution in [2.45, 2.75) is 104 Å². The van der Waals surface area contributed by atoms with E-state index in [1.807, 2.05) is 0 Å². The molecule has 0 unspecified atom stereocenters. The fourth-order valence-corrected chi connectivity index (χ4v) is 3.96. The zero-order valence-electron chi connectivity index (χ0n) is 19.0. The highest BCUT2D eigenvalue weighted by molar-refractivity contribution is 6.02. The van der Waals surface area contributed by atoms with E-state index in [4.69, 9.17) is 4.99 Å². The molecule has 0 fully saturated rings. The van der Waals surface area contributed by atoms with Crippen LogP contribution in [0.15, 0.2) is 35.0 Å². The van der Waals surface area contributed by atoms with Crippen molar-refractivity contribution < 1.29 is 0 Å². The summed E-state index contributed by atoms with van der Waals surface area (Å²) in [6, 6.07) is 6.71. The second kappa shape index (κ2) is 12.1. The molecule has 0 atom stereocenters. The first kappa shape index (κ1) is 22.7. The molecule has 156 valence electrons. The molecule has 1 N–H and O–H groups in total. The normalized spacial score (nSPS) is 16.1. The molecule has 0 saturated carbocycles. The third-order valence-corrected chi connectivity index (χ3v) is 5.71. The van der Waals surface area contributed by atoms with E-state index in [1.165, 1.54) is 79.6 Å². The average Bonchev–Trinajstić information content (AvgIpc) is 2.68. The summed E-state index contributed by atoms with van der Waals surface area (Å²) < 4.78 is 0. The van der Waals surface area contributed by atoms with E-state index < -0.39 is 0 Å². The third-order valence-electron chi connectivity index (χ3n) is 5.71. The number of nitrogens with zero attached hydrogens (tertiary/aromatic N) is 1. The van der Waals surface area contributed by atoms with E-state index in [-0.39, 0.29) is 0 Å². The maximum absolute atomic E-state index is 5.27. The summed E-state index contributed by atoms with van der Waals surface area (Å²) in [6.45, 7) is 12.4. The number of unbranched alkanes of at least 4 members (excludes halogenated alkanes) is 5. The number of benzene rings is 1. The van der Waals surface area contributed by atoms with E-state index in [9.17, 15) is 0 Å². The van der Waals surface area contributed by atoms with Crippen LogP contribution < -0.4 is 5.32 Å². The molecule has 1 aliphatic rings. The smallest absolute Gasteiger partial charge is 0.0703 e. The topological polar surface area (TPSA) is 24.4 Å². The molecule has 2 nitrogen and oxygen atoms in total. The fourth-order valence-electron chi connectivity index (χ4n) is 3.96. The van der Waals surface area contributed by atoms with Crippen molar-refractivity contribution in [2.24, 2.45) is 4.99 Å². The van der Waals surface area contributed by atoms with Crippen LogP contribution in [0.4, 0.5) is 5.69 Å². The van der Waals surface area contributed by atoms with Gasteiger partial charge in [-0.15, -0.1) is 0 Å². The van der Waals surface area contributed by atoms with Crippen LogP contribution in [-0.4, -0.2) is 12.3 Å². The van der Waals surface area contributed by atoms with Gasteiger partial charge in [-0.3, -0.25) is 4.99 Å². The molecule has 0 radical (unpaired) electrons. The van der Waals surface area contributed by atoms with Crippen LogP contribution in [0.2, 0.25) is 0 Å². The summed E-state index contributed by atoms with van der Waals surface area (Å²) >= 11 is 0. The Kier molecular flexibility index (Phi) is 9.81. The van der Waals surface area contributed by atoms with Crippen LogP contribution in [0.25, 0.3) is 0 Å². The zero-order valence-corrected chi connectivity index (χ0v) is 19.0. The number of hydrogen-bond acceptors (Lipinski definition) is 2. The Hall–Kier alpha value is -1.57. The molecule has 1 aromatic carbocycles. The summed E-state index contributed by atoms with van der Waals surface area (Å²) in [6.07, 6.45) is 13.9. The molecule has 0 aliphatic heterocycles. The lowest BCUT2D eigenvalue weighted by Gasteiger charge is -2.21. The molecule has 0 amide bonds. The second-order valence-electron chi connectivity index (χ2n) is 8.86. The fraction of sp³-hybridized carbons (Fsp3) is 0.654. The predicted octanol–water partition coefficient (Wildman–Crippen LogP) is 8.02. The largest absolute Gasteiger partial charge is 0.384 e. The highest BCUT2D eigenvalue weighted by Gasteiger charge is 2.17. The molecular weight excluding hydrogens is 340 g/mol. The third kappa shape index (κ3) is 6.79. The van der Waals surface area contributed by atoms with Gasteiger partial charge in [-0.1, -0.05) is 91.0 Å². The molecule has 0 heterocycles. The van der Waals surface area contributed by atoms with Crippen LogP contribution in [0, 0.1) is 0 Å². The molecule has 0 aromatic heterocycles. The van der Waals surface area contributed by atoms with Gasteiger partial charge in [-0.2, -0.15) is 0 Å². The van der Waals surface area contributed by atoms with Gasteiger partial charge in [0.05, 0.1) is 17.1 Å². The molecule has 2 rings (SSSR count). The molecule has 0 bridgehead atoms. The molecule has 1 aliphatic carbocycles. The Labute approximate surface area is 173 Å². The van der Waals surface area contributed by atoms with E-state index in [2.05, 4.69) is 64.2 Å². The Morgan fingerprint density at radius 3 is 2.21 bits per heavy atom. The van der Waals surface area contributed by atoms with Gasteiger partial charge in [0.1, 0.15) is 0 Å². The van der Waals surface area contributed by atoms with Gasteiger partial charge in [0, 0.05) is 6.54 Å². The number of hydrogen-bond donors (Lipinski definition) is 1. The van der Waals surface area contributed by atoms with Crippen LogP contribution in [0.5, 0.6) is 0 Å². The highest BCUT2D eigenvalue weighted by atomic mass is 14.9. The van der Waals surface area contributed by atoms with Gasteiger partial charge >= 0.3 is 0 Å². The first-order chi connectivity index (χ1) is 13.5. The van der Waals surface area contributed by atoms with Crippen LogP contribution in [0.1, 0.15) is 115 Å². The van der Waals surface area contributed by atoms with Gasteiger partial charge in [0.15, 0.2) is 0 Å². The van der Waals surface area contributed by atoms with E-state index in [1.54, 1.807) is 0 Å². The average molecular weight is 383 g/mol. The summed E-state index contributed by atoms with van der Waals surface area (Å²) in [5.74, 6) is 0.982. The molecule has 28 heavy (non-hydrogen) atoms. The minimum Gasteiger partial charge on any atom is -0.384 e. The van der Waals surface area contributed by atoms with Crippen molar-refractivity contribution in [3.05, 3.63) is 41.1 Å². The van der Waals surface area contributed by atoms with Gasteiger partial charge < -0.3 is 5.32 Å². The first-order valence-corrected chi connectivity index (χ1v) is 11.7. The standard InChI is InChI=1S/C26H42N2/c1-6-7-8-9-10-13-19-27-24-17-11-12-18-25(24)28-26-22(20(2)3)15-14-16-23(26)21(4)5/h14-17,20-21,27H,6-13,18-19H2,1-5H3. The molecule has 2 heteroatoms. The van der Waals surface area contributed by atoms with E-state index in [0.29, 0.717) is 11.8 Å². The Balaban J connectivity index is 2.11. The van der Waals surface area contributed by atoms with E-state index in [0.717, 1.165) is 13.0 Å². The SMILES string of the molecule is CCCCCCCCNC1=CCCCC1=Nc1c(C(C)C)cccc1C(C)C. The number of nitrogens with one attached hydrogen (secondary N) is 1. The number of aliphatic imine (C=N–C) groups is 1. The Bertz CT molecular complexity index is 626. The van der Waals surface area contributed by atoms with Crippen molar-refractivity contribution >= 4 is 11.4 Å². The van der Waals surface area contributed by atoms with Gasteiger partial charge in [0.25, 0.3) is 0 Å². The monoisotopic (exact) mass is 382 g/mol. The minimum atomic E-state index is 0.491. The summed E-state index contributed by atoms with van der Waals surface area (Å²) in [7, 11) is 0. The predicted molar refractivity (Wildman–Crippen MR) is 125 cm³/mol. The summed E-state index contributed by atoms with van der Waals surface area (Å²) in [5.41, 5.74) is 6.51. The summed E-state index contributed by atoms with van der Waals surface area (Å²) in [5, 5.41) is 3.71. The maximum Gasteiger partial charge on any atom is 0.0703 e. The van der Waals surface area contributed by atoms with Crippen molar-refractivity contribution in [2.75, 3.05) is 6.54 Å². The van der Waals surface area contributed by atoms with E-state index >= 15 is 0 Å². The van der Waals surface area contributed by atoms with Crippen molar-refractivity contribution in [3.63, 3.8) is 0 Å². The minimum absolute atomic E-state index is 0.491. The number of rotatable bonds is 11. The molecular formula is C26H42N2. The quantitative estimate of drug-likeness (QED) is 0.385. The van der Waals surface area contributed by atoms with Crippen molar-refractivity contribution in [1.29, 1.82) is 0 Å². The first-order valence-electron chi connectivity index (χ1n) is 11.7. The number of allylic oxidation sites excluding steroid dienone is 2.